The zero-order valence-electron chi connectivity index (χ0n) is 17.3. The first kappa shape index (κ1) is 21.4. The van der Waals surface area contributed by atoms with Crippen LogP contribution < -0.4 is 4.90 Å². The van der Waals surface area contributed by atoms with Gasteiger partial charge in [0.05, 0.1) is 11.4 Å². The Hall–Kier alpha value is -2.81. The van der Waals surface area contributed by atoms with Crippen LogP contribution in [0.25, 0.3) is 6.08 Å². The van der Waals surface area contributed by atoms with Crippen LogP contribution in [-0.2, 0) is 16.1 Å². The van der Waals surface area contributed by atoms with E-state index >= 15 is 0 Å². The fourth-order valence-electron chi connectivity index (χ4n) is 3.47. The van der Waals surface area contributed by atoms with Crippen molar-refractivity contribution in [2.45, 2.75) is 13.5 Å². The number of carbonyl (C=O) groups excluding carboxylic acids is 2. The number of piperazine rings is 1. The lowest BCUT2D eigenvalue weighted by Gasteiger charge is -2.33. The third-order valence-electron chi connectivity index (χ3n) is 5.07. The van der Waals surface area contributed by atoms with Crippen LogP contribution >= 0.6 is 22.7 Å². The number of thiophene rings is 1. The van der Waals surface area contributed by atoms with Crippen LogP contribution in [-0.4, -0.2) is 52.8 Å². The highest BCUT2D eigenvalue weighted by atomic mass is 32.1. The first-order valence-corrected chi connectivity index (χ1v) is 11.9. The summed E-state index contributed by atoms with van der Waals surface area (Å²) in [5.41, 5.74) is 1.45. The van der Waals surface area contributed by atoms with Gasteiger partial charge in [0.25, 0.3) is 0 Å². The third kappa shape index (κ3) is 5.46. The topological polar surface area (TPSA) is 56.8 Å². The highest BCUT2D eigenvalue weighted by molar-refractivity contribution is 7.14. The van der Waals surface area contributed by atoms with E-state index in [1.807, 2.05) is 40.6 Å². The van der Waals surface area contributed by atoms with E-state index < -0.39 is 0 Å². The Morgan fingerprint density at radius 2 is 1.84 bits per heavy atom. The number of benzene rings is 1. The second kappa shape index (κ2) is 10.00. The summed E-state index contributed by atoms with van der Waals surface area (Å²) in [5, 5.41) is 4.55. The van der Waals surface area contributed by atoms with E-state index in [0.29, 0.717) is 10.8 Å². The molecule has 0 N–H and O–H groups in total. The number of nitrogens with zero attached hydrogens (tertiary/aromatic N) is 4. The summed E-state index contributed by atoms with van der Waals surface area (Å²) in [6.07, 6.45) is 3.30. The van der Waals surface area contributed by atoms with E-state index in [4.69, 9.17) is 0 Å². The Balaban J connectivity index is 1.34. The number of amides is 2. The highest BCUT2D eigenvalue weighted by Gasteiger charge is 2.20. The van der Waals surface area contributed by atoms with Gasteiger partial charge >= 0.3 is 0 Å². The molecule has 1 saturated heterocycles. The largest absolute Gasteiger partial charge is 0.337 e. The fourth-order valence-corrected chi connectivity index (χ4v) is 5.07. The van der Waals surface area contributed by atoms with Crippen molar-refractivity contribution in [3.05, 3.63) is 69.9 Å². The van der Waals surface area contributed by atoms with Crippen molar-refractivity contribution in [2.75, 3.05) is 31.1 Å². The van der Waals surface area contributed by atoms with Gasteiger partial charge in [0, 0.05) is 56.0 Å². The quantitative estimate of drug-likeness (QED) is 0.525. The first-order valence-electron chi connectivity index (χ1n) is 10.1. The normalized spacial score (nSPS) is 14.8. The number of para-hydroxylation sites is 1. The molecule has 1 fully saturated rings. The lowest BCUT2D eigenvalue weighted by molar-refractivity contribution is -0.127. The predicted molar refractivity (Wildman–Crippen MR) is 127 cm³/mol. The van der Waals surface area contributed by atoms with Crippen molar-refractivity contribution in [3.8, 4) is 0 Å². The van der Waals surface area contributed by atoms with Crippen LogP contribution in [0.15, 0.2) is 59.3 Å². The average molecular weight is 453 g/mol. The lowest BCUT2D eigenvalue weighted by Crippen LogP contribution is -2.47. The summed E-state index contributed by atoms with van der Waals surface area (Å²) in [4.78, 5) is 36.5. The molecule has 0 atom stereocenters. The van der Waals surface area contributed by atoms with Gasteiger partial charge in [0.15, 0.2) is 5.13 Å². The molecule has 0 radical (unpaired) electrons. The minimum absolute atomic E-state index is 0.00296. The molecule has 1 aromatic carbocycles. The van der Waals surface area contributed by atoms with E-state index in [1.165, 1.54) is 23.1 Å². The zero-order valence-corrected chi connectivity index (χ0v) is 18.9. The second-order valence-corrected chi connectivity index (χ2v) is 9.13. The lowest BCUT2D eigenvalue weighted by atomic mass is 10.3. The van der Waals surface area contributed by atoms with Crippen molar-refractivity contribution in [1.29, 1.82) is 0 Å². The van der Waals surface area contributed by atoms with E-state index in [9.17, 15) is 9.59 Å². The Morgan fingerprint density at radius 3 is 2.52 bits per heavy atom. The Morgan fingerprint density at radius 1 is 1.06 bits per heavy atom. The maximum atomic E-state index is 12.6. The molecule has 1 aliphatic rings. The van der Waals surface area contributed by atoms with Crippen LogP contribution in [0.1, 0.15) is 17.5 Å². The molecule has 0 unspecified atom stereocenters. The zero-order chi connectivity index (χ0) is 21.6. The summed E-state index contributed by atoms with van der Waals surface area (Å²) < 4.78 is 0. The maximum absolute atomic E-state index is 12.6. The minimum Gasteiger partial charge on any atom is -0.337 e. The van der Waals surface area contributed by atoms with Gasteiger partial charge in [-0.15, -0.1) is 22.7 Å². The van der Waals surface area contributed by atoms with Crippen molar-refractivity contribution >= 4 is 51.4 Å². The number of anilines is 2. The van der Waals surface area contributed by atoms with Crippen molar-refractivity contribution in [2.24, 2.45) is 0 Å². The van der Waals surface area contributed by atoms with Gasteiger partial charge in [0.1, 0.15) is 0 Å². The molecule has 3 heterocycles. The van der Waals surface area contributed by atoms with Crippen molar-refractivity contribution in [3.63, 3.8) is 0 Å². The van der Waals surface area contributed by atoms with E-state index in [1.54, 1.807) is 28.4 Å². The van der Waals surface area contributed by atoms with Crippen molar-refractivity contribution in [1.82, 2.24) is 14.8 Å². The van der Waals surface area contributed by atoms with Crippen LogP contribution in [0.4, 0.5) is 10.8 Å². The number of carbonyl (C=O) groups is 2. The van der Waals surface area contributed by atoms with E-state index in [2.05, 4.69) is 27.4 Å². The number of thiazole rings is 1. The van der Waals surface area contributed by atoms with Crippen LogP contribution in [0.2, 0.25) is 0 Å². The molecule has 8 heteroatoms. The molecule has 31 heavy (non-hydrogen) atoms. The summed E-state index contributed by atoms with van der Waals surface area (Å²) in [5.74, 6) is -0.107. The second-order valence-electron chi connectivity index (χ2n) is 7.26. The smallest absolute Gasteiger partial charge is 0.246 e. The molecule has 0 bridgehead atoms. The molecular formula is C23H24N4O2S2. The molecular weight excluding hydrogens is 428 g/mol. The van der Waals surface area contributed by atoms with Gasteiger partial charge in [-0.25, -0.2) is 4.98 Å². The minimum atomic E-state index is -0.104. The van der Waals surface area contributed by atoms with Gasteiger partial charge in [0.2, 0.25) is 11.8 Å². The van der Waals surface area contributed by atoms with E-state index in [-0.39, 0.29) is 11.8 Å². The predicted octanol–water partition coefficient (Wildman–Crippen LogP) is 4.25. The fraction of sp³-hybridized carbons (Fsp3) is 0.261. The molecule has 3 aromatic rings. The summed E-state index contributed by atoms with van der Waals surface area (Å²) in [6, 6.07) is 13.7. The molecule has 0 spiro atoms. The molecule has 4 rings (SSSR count). The summed E-state index contributed by atoms with van der Waals surface area (Å²) >= 11 is 3.15. The number of hydrogen-bond acceptors (Lipinski definition) is 6. The molecule has 2 aromatic heterocycles. The van der Waals surface area contributed by atoms with Crippen molar-refractivity contribution < 1.29 is 9.59 Å². The van der Waals surface area contributed by atoms with Crippen LogP contribution in [0, 0.1) is 0 Å². The van der Waals surface area contributed by atoms with E-state index in [0.717, 1.165) is 38.4 Å². The number of rotatable bonds is 6. The first-order chi connectivity index (χ1) is 15.1. The monoisotopic (exact) mass is 452 g/mol. The van der Waals surface area contributed by atoms with Crippen LogP contribution in [0.3, 0.4) is 0 Å². The SMILES string of the molecule is CC(=O)N(c1ccccc1)c1nc(/C=C/C(=O)N2CCN(Cc3cccs3)CC2)cs1. The number of hydrogen-bond donors (Lipinski definition) is 0. The van der Waals surface area contributed by atoms with Crippen LogP contribution in [0.5, 0.6) is 0 Å². The summed E-state index contributed by atoms with van der Waals surface area (Å²) in [7, 11) is 0. The highest BCUT2D eigenvalue weighted by Crippen LogP contribution is 2.29. The Kier molecular flexibility index (Phi) is 6.91. The van der Waals surface area contributed by atoms with Gasteiger partial charge in [-0.3, -0.25) is 19.4 Å². The number of aromatic nitrogens is 1. The third-order valence-corrected chi connectivity index (χ3v) is 6.78. The molecule has 1 aliphatic heterocycles. The Bertz CT molecular complexity index is 1040. The molecule has 2 amide bonds. The van der Waals surface area contributed by atoms with Gasteiger partial charge < -0.3 is 4.90 Å². The van der Waals surface area contributed by atoms with Gasteiger partial charge in [-0.1, -0.05) is 24.3 Å². The van der Waals surface area contributed by atoms with Gasteiger partial charge in [-0.05, 0) is 29.7 Å². The standard InChI is InChI=1S/C23H24N4O2S2/c1-18(28)27(20-6-3-2-4-7-20)23-24-19(17-31-23)9-10-22(29)26-13-11-25(12-14-26)16-21-8-5-15-30-21/h2-10,15,17H,11-14,16H2,1H3/b10-9+. The molecule has 6 nitrogen and oxygen atoms in total. The van der Waals surface area contributed by atoms with Gasteiger partial charge in [-0.2, -0.15) is 0 Å². The molecule has 0 aliphatic carbocycles. The molecule has 160 valence electrons. The Labute approximate surface area is 190 Å². The maximum Gasteiger partial charge on any atom is 0.246 e. The summed E-state index contributed by atoms with van der Waals surface area (Å²) in [6.45, 7) is 5.68. The molecule has 0 saturated carbocycles. The average Bonchev–Trinajstić information content (AvgIpc) is 3.46.